The fraction of sp³-hybridized carbons (Fsp3) is 0.286. The zero-order valence-corrected chi connectivity index (χ0v) is 28.3. The van der Waals surface area contributed by atoms with Crippen molar-refractivity contribution < 1.29 is 45.5 Å². The van der Waals surface area contributed by atoms with Gasteiger partial charge in [0.2, 0.25) is 11.9 Å². The van der Waals surface area contributed by atoms with E-state index in [1.807, 2.05) is 65.7 Å². The van der Waals surface area contributed by atoms with Gasteiger partial charge in [0.25, 0.3) is 5.91 Å². The lowest BCUT2D eigenvalue weighted by Crippen LogP contribution is -2.40. The van der Waals surface area contributed by atoms with Gasteiger partial charge in [-0.2, -0.15) is 31.3 Å². The van der Waals surface area contributed by atoms with Crippen molar-refractivity contribution in [1.82, 2.24) is 19.9 Å². The molecule has 0 aliphatic carbocycles. The molecule has 11 nitrogen and oxygen atoms in total. The van der Waals surface area contributed by atoms with E-state index in [1.165, 1.54) is 0 Å². The standard InChI is InChI=1S/C31H30ClN7O2.C4F6O2/c32-26-18-34-31-36-25-13-20(16-33-17-25)8-9-23-15-24(35-29(26)38-31)10-11-27(23)37-28(40)14-21-5-4-12-39(19-21)30(41)22-6-2-1-3-7-22;5-3(6,7)1(11)2(12)4(8,9)10/h1-3,6-7,10-11,13,15-18,21H,4-5,8-9,12,14,19H2,(H,37,40)(H2,34,35,36,38);/t21-;/m1./s1. The van der Waals surface area contributed by atoms with Gasteiger partial charge in [-0.15, -0.1) is 0 Å². The minimum Gasteiger partial charge on any atom is -0.339 e. The molecule has 4 heterocycles. The second-order valence-corrected chi connectivity index (χ2v) is 12.5. The number of amides is 2. The molecule has 2 aliphatic rings. The lowest BCUT2D eigenvalue weighted by molar-refractivity contribution is -0.193. The number of anilines is 5. The Hall–Kier alpha value is -5.58. The Morgan fingerprint density at radius 1 is 0.868 bits per heavy atom. The van der Waals surface area contributed by atoms with E-state index in [-0.39, 0.29) is 17.7 Å². The predicted octanol–water partition coefficient (Wildman–Crippen LogP) is 7.24. The summed E-state index contributed by atoms with van der Waals surface area (Å²) in [7, 11) is 0. The largest absolute Gasteiger partial charge is 0.458 e. The Morgan fingerprint density at radius 3 is 2.28 bits per heavy atom. The number of carbonyl (C=O) groups excluding carboxylic acids is 4. The van der Waals surface area contributed by atoms with E-state index in [1.54, 1.807) is 12.4 Å². The molecule has 53 heavy (non-hydrogen) atoms. The van der Waals surface area contributed by atoms with Crippen molar-refractivity contribution in [2.45, 2.75) is 44.5 Å². The fourth-order valence-electron chi connectivity index (χ4n) is 5.65. The molecule has 3 N–H and O–H groups in total. The summed E-state index contributed by atoms with van der Waals surface area (Å²) < 4.78 is 67.0. The third kappa shape index (κ3) is 10.5. The molecule has 0 radical (unpaired) electrons. The number of nitrogens with zero attached hydrogens (tertiary/aromatic N) is 4. The fourth-order valence-corrected chi connectivity index (χ4v) is 5.79. The maximum Gasteiger partial charge on any atom is 0.458 e. The van der Waals surface area contributed by atoms with Gasteiger partial charge in [0.15, 0.2) is 5.82 Å². The quantitative estimate of drug-likeness (QED) is 0.142. The summed E-state index contributed by atoms with van der Waals surface area (Å²) in [6.07, 6.45) is -2.86. The highest BCUT2D eigenvalue weighted by atomic mass is 35.5. The molecule has 0 saturated carbocycles. The van der Waals surface area contributed by atoms with Crippen LogP contribution in [-0.2, 0) is 27.2 Å². The highest BCUT2D eigenvalue weighted by Gasteiger charge is 2.54. The van der Waals surface area contributed by atoms with Gasteiger partial charge in [-0.1, -0.05) is 29.8 Å². The first kappa shape index (κ1) is 38.6. The van der Waals surface area contributed by atoms with Crippen molar-refractivity contribution in [3.63, 3.8) is 0 Å². The van der Waals surface area contributed by atoms with Crippen LogP contribution in [0.15, 0.2) is 73.2 Å². The first-order valence-electron chi connectivity index (χ1n) is 16.1. The van der Waals surface area contributed by atoms with Crippen LogP contribution < -0.4 is 16.0 Å². The van der Waals surface area contributed by atoms with Crippen LogP contribution in [0.25, 0.3) is 0 Å². The van der Waals surface area contributed by atoms with E-state index in [4.69, 9.17) is 11.6 Å². The molecule has 1 fully saturated rings. The van der Waals surface area contributed by atoms with Gasteiger partial charge >= 0.3 is 23.9 Å². The number of Topliss-reactive ketones (excluding diaryl/α,β-unsaturated/α-hetero) is 2. The molecule has 1 atom stereocenters. The van der Waals surface area contributed by atoms with E-state index in [2.05, 4.69) is 30.9 Å². The third-order valence-electron chi connectivity index (χ3n) is 8.14. The summed E-state index contributed by atoms with van der Waals surface area (Å²) in [6, 6.07) is 17.2. The average molecular weight is 762 g/mol. The van der Waals surface area contributed by atoms with Gasteiger partial charge in [-0.05, 0) is 79.1 Å². The molecule has 6 rings (SSSR count). The second-order valence-electron chi connectivity index (χ2n) is 12.1. The Morgan fingerprint density at radius 2 is 1.58 bits per heavy atom. The number of hydrogen-bond donors (Lipinski definition) is 3. The first-order valence-corrected chi connectivity index (χ1v) is 16.4. The number of benzene rings is 2. The Labute approximate surface area is 303 Å². The van der Waals surface area contributed by atoms with Gasteiger partial charge in [-0.25, -0.2) is 4.98 Å². The number of halogens is 7. The third-order valence-corrected chi connectivity index (χ3v) is 8.42. The number of fused-ring (bicyclic) bond motifs is 6. The highest BCUT2D eigenvalue weighted by molar-refractivity contribution is 6.41. The van der Waals surface area contributed by atoms with Crippen LogP contribution in [0.2, 0.25) is 5.02 Å². The van der Waals surface area contributed by atoms with Crippen LogP contribution >= 0.6 is 11.6 Å². The summed E-state index contributed by atoms with van der Waals surface area (Å²) in [6.45, 7) is 1.30. The molecule has 18 heteroatoms. The van der Waals surface area contributed by atoms with E-state index in [9.17, 15) is 45.5 Å². The Kier molecular flexibility index (Phi) is 12.0. The Bertz CT molecular complexity index is 1970. The molecule has 2 amide bonds. The minimum atomic E-state index is -5.77. The topological polar surface area (TPSA) is 146 Å². The van der Waals surface area contributed by atoms with Crippen LogP contribution in [0.1, 0.15) is 40.7 Å². The molecule has 1 saturated heterocycles. The summed E-state index contributed by atoms with van der Waals surface area (Å²) in [5, 5.41) is 10.0. The first-order chi connectivity index (χ1) is 25.1. The summed E-state index contributed by atoms with van der Waals surface area (Å²) in [4.78, 5) is 60.5. The maximum atomic E-state index is 13.2. The molecule has 2 aromatic carbocycles. The molecule has 278 valence electrons. The average Bonchev–Trinajstić information content (AvgIpc) is 3.12. The van der Waals surface area contributed by atoms with E-state index >= 15 is 0 Å². The van der Waals surface area contributed by atoms with Crippen LogP contribution in [0.5, 0.6) is 0 Å². The number of aromatic nitrogens is 3. The van der Waals surface area contributed by atoms with Crippen LogP contribution in [0.4, 0.5) is 55.2 Å². The van der Waals surface area contributed by atoms with Gasteiger partial charge in [0, 0.05) is 42.6 Å². The molecule has 0 spiro atoms. The summed E-state index contributed by atoms with van der Waals surface area (Å²) in [5.74, 6) is -5.86. The number of alkyl halides is 6. The number of nitrogens with one attached hydrogen (secondary N) is 3. The molecular formula is C35H30ClF6N7O4. The number of aryl methyl sites for hydroxylation is 2. The molecule has 0 unspecified atom stereocenters. The van der Waals surface area contributed by atoms with E-state index < -0.39 is 23.9 Å². The lowest BCUT2D eigenvalue weighted by Gasteiger charge is -2.32. The molecule has 2 aromatic heterocycles. The highest BCUT2D eigenvalue weighted by Crippen LogP contribution is 2.30. The Balaban J connectivity index is 0.000000390. The normalized spacial score (nSPS) is 15.5. The van der Waals surface area contributed by atoms with Crippen molar-refractivity contribution in [2.75, 3.05) is 29.0 Å². The zero-order chi connectivity index (χ0) is 38.3. The predicted molar refractivity (Wildman–Crippen MR) is 182 cm³/mol. The second kappa shape index (κ2) is 16.4. The smallest absolute Gasteiger partial charge is 0.339 e. The number of likely N-dealkylation sites (tertiary alicyclic amines) is 1. The van der Waals surface area contributed by atoms with Gasteiger partial charge in [0.05, 0.1) is 18.1 Å². The van der Waals surface area contributed by atoms with Crippen molar-refractivity contribution in [3.05, 3.63) is 94.9 Å². The maximum absolute atomic E-state index is 13.2. The van der Waals surface area contributed by atoms with Crippen LogP contribution in [-0.4, -0.2) is 68.7 Å². The molecule has 2 aliphatic heterocycles. The number of piperidine rings is 1. The molecule has 6 bridgehead atoms. The molecular weight excluding hydrogens is 732 g/mol. The number of carbonyl (C=O) groups is 4. The van der Waals surface area contributed by atoms with Crippen molar-refractivity contribution in [3.8, 4) is 0 Å². The number of pyridine rings is 1. The van der Waals surface area contributed by atoms with Gasteiger partial charge < -0.3 is 20.9 Å². The van der Waals surface area contributed by atoms with E-state index in [0.29, 0.717) is 48.3 Å². The van der Waals surface area contributed by atoms with Crippen molar-refractivity contribution >= 4 is 63.8 Å². The van der Waals surface area contributed by atoms with Crippen LogP contribution in [0.3, 0.4) is 0 Å². The van der Waals surface area contributed by atoms with E-state index in [0.717, 1.165) is 47.5 Å². The summed E-state index contributed by atoms with van der Waals surface area (Å²) >= 11 is 6.38. The van der Waals surface area contributed by atoms with Gasteiger partial charge in [-0.3, -0.25) is 24.2 Å². The molecule has 4 aromatic rings. The number of hydrogen-bond acceptors (Lipinski definition) is 9. The number of rotatable bonds is 5. The van der Waals surface area contributed by atoms with Gasteiger partial charge in [0.1, 0.15) is 5.02 Å². The zero-order valence-electron chi connectivity index (χ0n) is 27.5. The lowest BCUT2D eigenvalue weighted by atomic mass is 9.93. The van der Waals surface area contributed by atoms with Crippen molar-refractivity contribution in [2.24, 2.45) is 5.92 Å². The van der Waals surface area contributed by atoms with Crippen molar-refractivity contribution in [1.29, 1.82) is 0 Å². The summed E-state index contributed by atoms with van der Waals surface area (Å²) in [5.41, 5.74) is 5.06. The number of ketones is 2. The minimum absolute atomic E-state index is 0.0229. The van der Waals surface area contributed by atoms with Crippen LogP contribution in [0, 0.1) is 5.92 Å². The monoisotopic (exact) mass is 761 g/mol. The SMILES string of the molecule is O=C(C(=O)C(F)(F)F)C(F)(F)F.O=C(C[C@H]1CCCN(C(=O)c2ccccc2)C1)Nc1ccc2cc1CCc1cncc(c1)Nc1ncc(Cl)c(n1)N2.